The number of aromatic nitrogens is 1. The van der Waals surface area contributed by atoms with Gasteiger partial charge >= 0.3 is 5.97 Å². The Labute approximate surface area is 112 Å². The van der Waals surface area contributed by atoms with E-state index in [0.29, 0.717) is 0 Å². The summed E-state index contributed by atoms with van der Waals surface area (Å²) >= 11 is 0. The molecular formula is C14H19NO4. The lowest BCUT2D eigenvalue weighted by Crippen LogP contribution is -2.33. The van der Waals surface area contributed by atoms with Crippen LogP contribution in [0.4, 0.5) is 0 Å². The first-order valence-electron chi connectivity index (χ1n) is 6.49. The normalized spacial score (nSPS) is 23.1. The maximum Gasteiger partial charge on any atom is 0.343 e. The summed E-state index contributed by atoms with van der Waals surface area (Å²) in [5, 5.41) is 0. The van der Waals surface area contributed by atoms with Crippen molar-refractivity contribution in [2.45, 2.75) is 37.8 Å². The second-order valence-corrected chi connectivity index (χ2v) is 4.80. The lowest BCUT2D eigenvalue weighted by molar-refractivity contribution is 0.0519. The van der Waals surface area contributed by atoms with Gasteiger partial charge in [-0.25, -0.2) is 4.79 Å². The van der Waals surface area contributed by atoms with Crippen LogP contribution in [0.25, 0.3) is 0 Å². The molecule has 0 N–H and O–H groups in total. The third-order valence-electron chi connectivity index (χ3n) is 3.70. The minimum absolute atomic E-state index is 0.0875. The molecule has 1 aliphatic rings. The van der Waals surface area contributed by atoms with Gasteiger partial charge in [0.15, 0.2) is 0 Å². The number of nitrogens with zero attached hydrogens (tertiary/aromatic N) is 1. The van der Waals surface area contributed by atoms with Gasteiger partial charge in [-0.05, 0) is 37.8 Å². The largest absolute Gasteiger partial charge is 0.465 e. The highest BCUT2D eigenvalue weighted by Gasteiger charge is 2.24. The summed E-state index contributed by atoms with van der Waals surface area (Å²) in [5.41, 5.74) is -0.194. The lowest BCUT2D eigenvalue weighted by atomic mass is 9.92. The number of ether oxygens (including phenoxy) is 2. The van der Waals surface area contributed by atoms with E-state index in [-0.39, 0.29) is 23.3 Å². The highest BCUT2D eigenvalue weighted by atomic mass is 16.5. The highest BCUT2D eigenvalue weighted by Crippen LogP contribution is 2.28. The van der Waals surface area contributed by atoms with Crippen LogP contribution in [0.15, 0.2) is 23.1 Å². The van der Waals surface area contributed by atoms with E-state index >= 15 is 0 Å². The Balaban J connectivity index is 2.30. The third kappa shape index (κ3) is 2.87. The van der Waals surface area contributed by atoms with Crippen LogP contribution >= 0.6 is 0 Å². The van der Waals surface area contributed by atoms with E-state index in [4.69, 9.17) is 4.74 Å². The van der Waals surface area contributed by atoms with Crippen LogP contribution in [0.1, 0.15) is 42.1 Å². The first-order valence-corrected chi connectivity index (χ1v) is 6.49. The molecule has 0 radical (unpaired) electrons. The molecule has 19 heavy (non-hydrogen) atoms. The summed E-state index contributed by atoms with van der Waals surface area (Å²) in [4.78, 5) is 23.8. The second-order valence-electron chi connectivity index (χ2n) is 4.80. The summed E-state index contributed by atoms with van der Waals surface area (Å²) in [7, 11) is 2.97. The second kappa shape index (κ2) is 6.02. The molecule has 1 aromatic heterocycles. The molecule has 1 aromatic rings. The average Bonchev–Trinajstić information content (AvgIpc) is 2.46. The van der Waals surface area contributed by atoms with E-state index in [9.17, 15) is 9.59 Å². The first kappa shape index (κ1) is 13.8. The maximum absolute atomic E-state index is 12.3. The van der Waals surface area contributed by atoms with Gasteiger partial charge in [0.25, 0.3) is 5.56 Å². The van der Waals surface area contributed by atoms with Crippen LogP contribution in [-0.2, 0) is 9.47 Å². The van der Waals surface area contributed by atoms with Gasteiger partial charge in [-0.15, -0.1) is 0 Å². The van der Waals surface area contributed by atoms with Crippen LogP contribution in [-0.4, -0.2) is 30.9 Å². The Kier molecular flexibility index (Phi) is 4.37. The quantitative estimate of drug-likeness (QED) is 0.781. The summed E-state index contributed by atoms with van der Waals surface area (Å²) in [6, 6.07) is 3.31. The number of methoxy groups -OCH3 is 2. The summed E-state index contributed by atoms with van der Waals surface area (Å²) in [6.07, 6.45) is 5.71. The molecular weight excluding hydrogens is 246 g/mol. The Morgan fingerprint density at radius 3 is 2.84 bits per heavy atom. The third-order valence-corrected chi connectivity index (χ3v) is 3.70. The molecule has 104 valence electrons. The van der Waals surface area contributed by atoms with Crippen molar-refractivity contribution in [1.29, 1.82) is 0 Å². The minimum atomic E-state index is -0.585. The number of pyridine rings is 1. The zero-order chi connectivity index (χ0) is 13.8. The molecule has 1 saturated carbocycles. The number of hydrogen-bond donors (Lipinski definition) is 0. The van der Waals surface area contributed by atoms with Crippen molar-refractivity contribution in [1.82, 2.24) is 4.57 Å². The van der Waals surface area contributed by atoms with Gasteiger partial charge in [0, 0.05) is 19.3 Å². The summed E-state index contributed by atoms with van der Waals surface area (Å²) < 4.78 is 11.6. The topological polar surface area (TPSA) is 57.5 Å². The number of carbonyl (C=O) groups excluding carboxylic acids is 1. The first-order chi connectivity index (χ1) is 9.17. The lowest BCUT2D eigenvalue weighted by Gasteiger charge is -2.29. The minimum Gasteiger partial charge on any atom is -0.465 e. The average molecular weight is 265 g/mol. The highest BCUT2D eigenvalue weighted by molar-refractivity contribution is 5.88. The molecule has 0 bridgehead atoms. The van der Waals surface area contributed by atoms with Crippen LogP contribution in [0.5, 0.6) is 0 Å². The molecule has 1 unspecified atom stereocenters. The van der Waals surface area contributed by atoms with E-state index in [1.807, 2.05) is 0 Å². The van der Waals surface area contributed by atoms with E-state index < -0.39 is 5.97 Å². The van der Waals surface area contributed by atoms with Gasteiger partial charge in [-0.1, -0.05) is 0 Å². The van der Waals surface area contributed by atoms with Gasteiger partial charge in [-0.2, -0.15) is 0 Å². The molecule has 0 amide bonds. The number of hydrogen-bond acceptors (Lipinski definition) is 4. The van der Waals surface area contributed by atoms with Crippen molar-refractivity contribution in [2.75, 3.05) is 14.2 Å². The predicted octanol–water partition coefficient (Wildman–Crippen LogP) is 1.76. The molecule has 0 saturated heterocycles. The van der Waals surface area contributed by atoms with Crippen molar-refractivity contribution in [2.24, 2.45) is 0 Å². The van der Waals surface area contributed by atoms with Gasteiger partial charge in [0.1, 0.15) is 5.56 Å². The fourth-order valence-corrected chi connectivity index (χ4v) is 2.65. The predicted molar refractivity (Wildman–Crippen MR) is 70.3 cm³/mol. The molecule has 1 heterocycles. The van der Waals surface area contributed by atoms with E-state index in [1.54, 1.807) is 23.9 Å². The van der Waals surface area contributed by atoms with Gasteiger partial charge in [-0.3, -0.25) is 4.79 Å². The van der Waals surface area contributed by atoms with Crippen molar-refractivity contribution in [3.8, 4) is 0 Å². The summed E-state index contributed by atoms with van der Waals surface area (Å²) in [5.74, 6) is -0.585. The monoisotopic (exact) mass is 265 g/mol. The Bertz CT molecular complexity index is 508. The Morgan fingerprint density at radius 1 is 1.37 bits per heavy atom. The zero-order valence-corrected chi connectivity index (χ0v) is 11.3. The molecule has 0 aliphatic heterocycles. The van der Waals surface area contributed by atoms with Crippen molar-refractivity contribution in [3.05, 3.63) is 34.2 Å². The van der Waals surface area contributed by atoms with Gasteiger partial charge in [0.05, 0.1) is 13.2 Å². The van der Waals surface area contributed by atoms with E-state index in [2.05, 4.69) is 4.74 Å². The fraction of sp³-hybridized carbons (Fsp3) is 0.571. The number of esters is 1. The van der Waals surface area contributed by atoms with Crippen molar-refractivity contribution >= 4 is 5.97 Å². The Hall–Kier alpha value is -1.62. The van der Waals surface area contributed by atoms with E-state index in [1.165, 1.54) is 13.2 Å². The smallest absolute Gasteiger partial charge is 0.343 e. The van der Waals surface area contributed by atoms with Crippen molar-refractivity contribution in [3.63, 3.8) is 0 Å². The standard InChI is InChI=1S/C14H19NO4/c1-18-11-6-3-5-10(9-11)15-8-4-7-12(13(15)16)14(17)19-2/h4,7-8,10-11H,3,5-6,9H2,1-2H3/t10?,11-/m0/s1. The molecule has 1 aliphatic carbocycles. The molecule has 0 aromatic carbocycles. The molecule has 0 spiro atoms. The molecule has 2 atom stereocenters. The molecule has 2 rings (SSSR count). The van der Waals surface area contributed by atoms with Crippen molar-refractivity contribution < 1.29 is 14.3 Å². The molecule has 5 nitrogen and oxygen atoms in total. The fourth-order valence-electron chi connectivity index (χ4n) is 2.65. The van der Waals surface area contributed by atoms with Gasteiger partial charge in [0.2, 0.25) is 0 Å². The van der Waals surface area contributed by atoms with Crippen LogP contribution in [0.3, 0.4) is 0 Å². The molecule has 5 heteroatoms. The maximum atomic E-state index is 12.3. The molecule has 1 fully saturated rings. The number of carbonyl (C=O) groups is 1. The van der Waals surface area contributed by atoms with E-state index in [0.717, 1.165) is 25.7 Å². The Morgan fingerprint density at radius 2 is 2.16 bits per heavy atom. The van der Waals surface area contributed by atoms with Gasteiger partial charge < -0.3 is 14.0 Å². The number of rotatable bonds is 3. The van der Waals surface area contributed by atoms with Crippen LogP contribution in [0.2, 0.25) is 0 Å². The SMILES string of the molecule is COC(=O)c1cccn(C2CCC[C@H](OC)C2)c1=O. The zero-order valence-electron chi connectivity index (χ0n) is 11.3. The van der Waals surface area contributed by atoms with Crippen LogP contribution < -0.4 is 5.56 Å². The summed E-state index contributed by atoms with van der Waals surface area (Å²) in [6.45, 7) is 0. The van der Waals surface area contributed by atoms with Crippen LogP contribution in [0, 0.1) is 0 Å².